The Morgan fingerprint density at radius 1 is 1.21 bits per heavy atom. The van der Waals surface area contributed by atoms with E-state index < -0.39 is 11.6 Å². The molecule has 10 heteroatoms. The number of alkyl halides is 3. The summed E-state index contributed by atoms with van der Waals surface area (Å²) in [4.78, 5) is 13.7. The highest BCUT2D eigenvalue weighted by Gasteiger charge is 2.64. The summed E-state index contributed by atoms with van der Waals surface area (Å²) in [5.41, 5.74) is 0.284. The fraction of sp³-hybridized carbons (Fsp3) is 0.304. The summed E-state index contributed by atoms with van der Waals surface area (Å²) >= 11 is 0. The first-order valence-electron chi connectivity index (χ1n) is 10.2. The topological polar surface area (TPSA) is 92.8 Å². The molecule has 0 saturated heterocycles. The second kappa shape index (κ2) is 8.58. The molecular weight excluding hydrogens is 435 g/mol. The Morgan fingerprint density at radius 3 is 2.52 bits per heavy atom. The molecule has 2 aromatic carbocycles. The highest BCUT2D eigenvalue weighted by Crippen LogP contribution is 2.58. The van der Waals surface area contributed by atoms with Gasteiger partial charge in [0.1, 0.15) is 11.8 Å². The Balaban J connectivity index is 1.35. The molecule has 7 nitrogen and oxygen atoms in total. The molecule has 0 spiro atoms. The molecule has 0 radical (unpaired) electrons. The van der Waals surface area contributed by atoms with Crippen LogP contribution in [0.2, 0.25) is 0 Å². The zero-order chi connectivity index (χ0) is 23.6. The Bertz CT molecular complexity index is 1210. The SMILES string of the molecule is COc1ccc(Cn2ncc(NC(=O)Cc3ccc(C4(C(F)(F)F)CC4)cc3)n2)cc1C#N. The molecule has 0 atom stereocenters. The van der Waals surface area contributed by atoms with E-state index in [0.717, 1.165) is 5.56 Å². The van der Waals surface area contributed by atoms with Crippen LogP contribution in [0.4, 0.5) is 19.0 Å². The molecule has 1 heterocycles. The van der Waals surface area contributed by atoms with E-state index in [1.165, 1.54) is 30.2 Å². The third-order valence-corrected chi connectivity index (χ3v) is 5.68. The summed E-state index contributed by atoms with van der Waals surface area (Å²) in [6, 6.07) is 13.2. The first-order valence-corrected chi connectivity index (χ1v) is 10.2. The van der Waals surface area contributed by atoms with Gasteiger partial charge >= 0.3 is 6.18 Å². The van der Waals surface area contributed by atoms with Gasteiger partial charge in [0.2, 0.25) is 5.91 Å². The number of rotatable bonds is 7. The van der Waals surface area contributed by atoms with Crippen LogP contribution < -0.4 is 10.1 Å². The lowest BCUT2D eigenvalue weighted by Gasteiger charge is -2.19. The maximum Gasteiger partial charge on any atom is 0.398 e. The van der Waals surface area contributed by atoms with Crippen LogP contribution in [0.1, 0.15) is 35.1 Å². The molecule has 3 aromatic rings. The molecule has 1 saturated carbocycles. The number of nitrogens with one attached hydrogen (secondary N) is 1. The van der Waals surface area contributed by atoms with Crippen molar-refractivity contribution in [3.05, 3.63) is 70.9 Å². The van der Waals surface area contributed by atoms with E-state index >= 15 is 0 Å². The number of halogens is 3. The predicted octanol–water partition coefficient (Wildman–Crippen LogP) is 3.98. The van der Waals surface area contributed by atoms with Crippen LogP contribution in [0.3, 0.4) is 0 Å². The average Bonchev–Trinajstić information content (AvgIpc) is 3.50. The number of nitrogens with zero attached hydrogens (tertiary/aromatic N) is 4. The van der Waals surface area contributed by atoms with Crippen molar-refractivity contribution in [1.82, 2.24) is 15.0 Å². The molecule has 1 fully saturated rings. The van der Waals surface area contributed by atoms with Crippen LogP contribution in [-0.2, 0) is 23.2 Å². The monoisotopic (exact) mass is 455 g/mol. The maximum atomic E-state index is 13.2. The average molecular weight is 455 g/mol. The predicted molar refractivity (Wildman–Crippen MR) is 113 cm³/mol. The molecule has 1 aliphatic carbocycles. The minimum absolute atomic E-state index is 0.00380. The first-order chi connectivity index (χ1) is 15.7. The third-order valence-electron chi connectivity index (χ3n) is 5.68. The van der Waals surface area contributed by atoms with Crippen molar-refractivity contribution < 1.29 is 22.7 Å². The minimum atomic E-state index is -4.26. The summed E-state index contributed by atoms with van der Waals surface area (Å²) in [7, 11) is 1.49. The molecule has 0 bridgehead atoms. The van der Waals surface area contributed by atoms with E-state index in [1.807, 2.05) is 0 Å². The number of benzene rings is 2. The standard InChI is InChI=1S/C23H20F3N5O2/c1-33-19-7-4-16(10-17(19)12-27)14-31-28-13-20(30-31)29-21(32)11-15-2-5-18(6-3-15)22(8-9-22)23(24,25)26/h2-7,10,13H,8-9,11,14H2,1H3,(H,29,30,32). The van der Waals surface area contributed by atoms with Crippen LogP contribution in [0, 0.1) is 11.3 Å². The summed E-state index contributed by atoms with van der Waals surface area (Å²) in [5, 5.41) is 20.1. The number of hydrogen-bond acceptors (Lipinski definition) is 5. The van der Waals surface area contributed by atoms with Gasteiger partial charge in [-0.1, -0.05) is 30.3 Å². The molecule has 0 unspecified atom stereocenters. The van der Waals surface area contributed by atoms with Crippen molar-refractivity contribution >= 4 is 11.7 Å². The maximum absolute atomic E-state index is 13.2. The van der Waals surface area contributed by atoms with Gasteiger partial charge in [-0.3, -0.25) is 4.79 Å². The van der Waals surface area contributed by atoms with Gasteiger partial charge in [0, 0.05) is 0 Å². The molecule has 170 valence electrons. The van der Waals surface area contributed by atoms with E-state index in [4.69, 9.17) is 4.74 Å². The van der Waals surface area contributed by atoms with E-state index in [2.05, 4.69) is 21.6 Å². The summed E-state index contributed by atoms with van der Waals surface area (Å²) < 4.78 is 44.9. The van der Waals surface area contributed by atoms with Crippen molar-refractivity contribution in [2.45, 2.75) is 37.4 Å². The molecule has 1 aromatic heterocycles. The Kier molecular flexibility index (Phi) is 5.80. The second-order valence-electron chi connectivity index (χ2n) is 7.91. The number of anilines is 1. The molecule has 4 rings (SSSR count). The van der Waals surface area contributed by atoms with E-state index in [9.17, 15) is 23.2 Å². The van der Waals surface area contributed by atoms with E-state index in [-0.39, 0.29) is 43.1 Å². The number of methoxy groups -OCH3 is 1. The van der Waals surface area contributed by atoms with Gasteiger partial charge in [-0.25, -0.2) is 0 Å². The fourth-order valence-electron chi connectivity index (χ4n) is 3.71. The van der Waals surface area contributed by atoms with Crippen molar-refractivity contribution in [1.29, 1.82) is 5.26 Å². The van der Waals surface area contributed by atoms with E-state index in [1.54, 1.807) is 30.3 Å². The van der Waals surface area contributed by atoms with Gasteiger partial charge in [-0.15, -0.1) is 5.10 Å². The summed E-state index contributed by atoms with van der Waals surface area (Å²) in [6.07, 6.45) is -2.67. The van der Waals surface area contributed by atoms with Gasteiger partial charge in [0.05, 0.1) is 37.3 Å². The summed E-state index contributed by atoms with van der Waals surface area (Å²) in [6.45, 7) is 0.289. The number of amides is 1. The number of aromatic nitrogens is 3. The molecule has 0 aliphatic heterocycles. The summed E-state index contributed by atoms with van der Waals surface area (Å²) in [5.74, 6) is 0.365. The third kappa shape index (κ3) is 4.67. The number of carbonyl (C=O) groups excluding carboxylic acids is 1. The molecule has 1 aliphatic rings. The number of ether oxygens (including phenoxy) is 1. The van der Waals surface area contributed by atoms with Crippen molar-refractivity contribution in [2.24, 2.45) is 0 Å². The quantitative estimate of drug-likeness (QED) is 0.582. The molecular formula is C23H20F3N5O2. The largest absolute Gasteiger partial charge is 0.495 e. The molecule has 1 amide bonds. The lowest BCUT2D eigenvalue weighted by molar-refractivity contribution is -0.160. The lowest BCUT2D eigenvalue weighted by atomic mass is 9.94. The minimum Gasteiger partial charge on any atom is -0.495 e. The highest BCUT2D eigenvalue weighted by atomic mass is 19.4. The van der Waals surface area contributed by atoms with Crippen molar-refractivity contribution in [2.75, 3.05) is 12.4 Å². The molecule has 1 N–H and O–H groups in total. The molecule has 33 heavy (non-hydrogen) atoms. The van der Waals surface area contributed by atoms with E-state index in [0.29, 0.717) is 16.9 Å². The van der Waals surface area contributed by atoms with Crippen LogP contribution in [0.25, 0.3) is 0 Å². The Hall–Kier alpha value is -3.87. The second-order valence-corrected chi connectivity index (χ2v) is 7.91. The first kappa shape index (κ1) is 22.3. The van der Waals surface area contributed by atoms with Crippen molar-refractivity contribution in [3.8, 4) is 11.8 Å². The Morgan fingerprint density at radius 2 is 1.91 bits per heavy atom. The number of nitriles is 1. The van der Waals surface area contributed by atoms with Crippen LogP contribution >= 0.6 is 0 Å². The van der Waals surface area contributed by atoms with Gasteiger partial charge in [-0.2, -0.15) is 28.3 Å². The fourth-order valence-corrected chi connectivity index (χ4v) is 3.71. The normalized spacial score (nSPS) is 14.4. The zero-order valence-electron chi connectivity index (χ0n) is 17.7. The zero-order valence-corrected chi connectivity index (χ0v) is 17.7. The van der Waals surface area contributed by atoms with Crippen LogP contribution in [0.5, 0.6) is 5.75 Å². The Labute approximate surface area is 187 Å². The number of carbonyl (C=O) groups is 1. The van der Waals surface area contributed by atoms with Crippen molar-refractivity contribution in [3.63, 3.8) is 0 Å². The van der Waals surface area contributed by atoms with Gasteiger partial charge in [0.15, 0.2) is 5.82 Å². The van der Waals surface area contributed by atoms with Gasteiger partial charge < -0.3 is 10.1 Å². The number of hydrogen-bond donors (Lipinski definition) is 1. The lowest BCUT2D eigenvalue weighted by Crippen LogP contribution is -2.28. The highest BCUT2D eigenvalue weighted by molar-refractivity contribution is 5.91. The van der Waals surface area contributed by atoms with Crippen LogP contribution in [0.15, 0.2) is 48.7 Å². The van der Waals surface area contributed by atoms with Gasteiger partial charge in [-0.05, 0) is 41.7 Å². The van der Waals surface area contributed by atoms with Gasteiger partial charge in [0.25, 0.3) is 0 Å². The van der Waals surface area contributed by atoms with Crippen LogP contribution in [-0.4, -0.2) is 34.2 Å². The smallest absolute Gasteiger partial charge is 0.398 e.